The van der Waals surface area contributed by atoms with Crippen LogP contribution in [-0.4, -0.2) is 5.91 Å². The molecule has 1 amide bonds. The minimum absolute atomic E-state index is 0.356. The Hall–Kier alpha value is -1.61. The van der Waals surface area contributed by atoms with Crippen molar-refractivity contribution in [1.82, 2.24) is 0 Å². The van der Waals surface area contributed by atoms with Crippen LogP contribution < -0.4 is 5.73 Å². The Morgan fingerprint density at radius 2 is 2.12 bits per heavy atom. The van der Waals surface area contributed by atoms with Crippen molar-refractivity contribution in [2.75, 3.05) is 0 Å². The zero-order valence-electron chi connectivity index (χ0n) is 9.07. The lowest BCUT2D eigenvalue weighted by Crippen LogP contribution is -2.08. The smallest absolute Gasteiger partial charge is 0.258 e. The van der Waals surface area contributed by atoms with Crippen LogP contribution in [0, 0.1) is 0 Å². The zero-order valence-corrected chi connectivity index (χ0v) is 9.88. The summed E-state index contributed by atoms with van der Waals surface area (Å²) in [5.41, 5.74) is 8.80. The summed E-state index contributed by atoms with van der Waals surface area (Å²) < 4.78 is 0. The van der Waals surface area contributed by atoms with E-state index in [4.69, 9.17) is 5.73 Å². The van der Waals surface area contributed by atoms with Gasteiger partial charge in [0, 0.05) is 0 Å². The van der Waals surface area contributed by atoms with E-state index in [0.29, 0.717) is 4.88 Å². The highest BCUT2D eigenvalue weighted by atomic mass is 32.1. The standard InChI is InChI=1S/C13H13NOS/c1-2-9-5-3-4-6-11(9)10-7-12(13(14)15)16-8-10/h3-8H,2H2,1H3,(H2,14,15). The van der Waals surface area contributed by atoms with E-state index in [0.717, 1.165) is 12.0 Å². The highest BCUT2D eigenvalue weighted by molar-refractivity contribution is 7.12. The van der Waals surface area contributed by atoms with Crippen LogP contribution >= 0.6 is 11.3 Å². The topological polar surface area (TPSA) is 43.1 Å². The van der Waals surface area contributed by atoms with E-state index in [1.165, 1.54) is 22.5 Å². The molecule has 2 rings (SSSR count). The minimum atomic E-state index is -0.356. The summed E-state index contributed by atoms with van der Waals surface area (Å²) in [6, 6.07) is 10.1. The van der Waals surface area contributed by atoms with E-state index >= 15 is 0 Å². The summed E-state index contributed by atoms with van der Waals surface area (Å²) >= 11 is 1.40. The van der Waals surface area contributed by atoms with Gasteiger partial charge in [0.2, 0.25) is 0 Å². The first-order chi connectivity index (χ1) is 7.72. The second kappa shape index (κ2) is 4.49. The number of rotatable bonds is 3. The molecule has 0 atom stereocenters. The van der Waals surface area contributed by atoms with E-state index in [2.05, 4.69) is 19.1 Å². The molecule has 1 aromatic carbocycles. The highest BCUT2D eigenvalue weighted by Gasteiger charge is 2.08. The summed E-state index contributed by atoms with van der Waals surface area (Å²) in [4.78, 5) is 11.6. The van der Waals surface area contributed by atoms with Gasteiger partial charge in [-0.25, -0.2) is 0 Å². The van der Waals surface area contributed by atoms with Gasteiger partial charge in [0.25, 0.3) is 5.91 Å². The van der Waals surface area contributed by atoms with Crippen LogP contribution in [0.4, 0.5) is 0 Å². The van der Waals surface area contributed by atoms with Gasteiger partial charge in [-0.15, -0.1) is 11.3 Å². The SMILES string of the molecule is CCc1ccccc1-c1csc(C(N)=O)c1. The molecule has 0 radical (unpaired) electrons. The zero-order chi connectivity index (χ0) is 11.5. The predicted octanol–water partition coefficient (Wildman–Crippen LogP) is 3.08. The Labute approximate surface area is 98.7 Å². The van der Waals surface area contributed by atoms with E-state index in [-0.39, 0.29) is 5.91 Å². The quantitative estimate of drug-likeness (QED) is 0.866. The van der Waals surface area contributed by atoms with Gasteiger partial charge >= 0.3 is 0 Å². The van der Waals surface area contributed by atoms with Gasteiger partial charge in [0.05, 0.1) is 4.88 Å². The third kappa shape index (κ3) is 1.99. The Balaban J connectivity index is 2.46. The van der Waals surface area contributed by atoms with Crippen molar-refractivity contribution in [3.8, 4) is 11.1 Å². The average Bonchev–Trinajstić information content (AvgIpc) is 2.78. The van der Waals surface area contributed by atoms with Crippen molar-refractivity contribution >= 4 is 17.2 Å². The molecule has 0 aliphatic carbocycles. The maximum absolute atomic E-state index is 11.0. The number of hydrogen-bond acceptors (Lipinski definition) is 2. The van der Waals surface area contributed by atoms with Crippen LogP contribution in [0.1, 0.15) is 22.2 Å². The van der Waals surface area contributed by atoms with Crippen molar-refractivity contribution in [3.05, 3.63) is 46.2 Å². The van der Waals surface area contributed by atoms with Gasteiger partial charge in [0.1, 0.15) is 0 Å². The number of primary amides is 1. The number of carbonyl (C=O) groups is 1. The first kappa shape index (κ1) is 10.9. The Morgan fingerprint density at radius 3 is 2.75 bits per heavy atom. The Kier molecular flexibility index (Phi) is 3.06. The molecule has 0 saturated carbocycles. The Morgan fingerprint density at radius 1 is 1.38 bits per heavy atom. The monoisotopic (exact) mass is 231 g/mol. The van der Waals surface area contributed by atoms with Crippen LogP contribution in [0.3, 0.4) is 0 Å². The molecular weight excluding hydrogens is 218 g/mol. The van der Waals surface area contributed by atoms with E-state index < -0.39 is 0 Å². The molecule has 0 saturated heterocycles. The van der Waals surface area contributed by atoms with Crippen molar-refractivity contribution in [3.63, 3.8) is 0 Å². The fourth-order valence-electron chi connectivity index (χ4n) is 1.72. The van der Waals surface area contributed by atoms with E-state index in [1.807, 2.05) is 23.6 Å². The van der Waals surface area contributed by atoms with Crippen LogP contribution in [0.25, 0.3) is 11.1 Å². The molecule has 2 aromatic rings. The van der Waals surface area contributed by atoms with Gasteiger partial charge in [-0.3, -0.25) is 4.79 Å². The van der Waals surface area contributed by atoms with Gasteiger partial charge < -0.3 is 5.73 Å². The number of hydrogen-bond donors (Lipinski definition) is 1. The largest absolute Gasteiger partial charge is 0.365 e. The molecule has 0 bridgehead atoms. The molecule has 0 aliphatic rings. The summed E-state index contributed by atoms with van der Waals surface area (Å²) in [5.74, 6) is -0.356. The summed E-state index contributed by atoms with van der Waals surface area (Å²) in [6.07, 6.45) is 0.984. The second-order valence-corrected chi connectivity index (χ2v) is 4.49. The number of amides is 1. The van der Waals surface area contributed by atoms with E-state index in [1.54, 1.807) is 0 Å². The first-order valence-electron chi connectivity index (χ1n) is 5.19. The van der Waals surface area contributed by atoms with Crippen molar-refractivity contribution in [2.45, 2.75) is 13.3 Å². The molecule has 0 spiro atoms. The molecule has 16 heavy (non-hydrogen) atoms. The van der Waals surface area contributed by atoms with E-state index in [9.17, 15) is 4.79 Å². The highest BCUT2D eigenvalue weighted by Crippen LogP contribution is 2.28. The van der Waals surface area contributed by atoms with Crippen molar-refractivity contribution < 1.29 is 4.79 Å². The minimum Gasteiger partial charge on any atom is -0.365 e. The van der Waals surface area contributed by atoms with Crippen LogP contribution in [0.5, 0.6) is 0 Å². The Bertz CT molecular complexity index is 516. The number of carbonyl (C=O) groups excluding carboxylic acids is 1. The third-order valence-electron chi connectivity index (χ3n) is 2.55. The third-order valence-corrected chi connectivity index (χ3v) is 3.50. The summed E-state index contributed by atoms with van der Waals surface area (Å²) in [6.45, 7) is 2.13. The predicted molar refractivity (Wildman–Crippen MR) is 67.7 cm³/mol. The maximum Gasteiger partial charge on any atom is 0.258 e. The lowest BCUT2D eigenvalue weighted by Gasteiger charge is -2.04. The molecule has 0 aliphatic heterocycles. The van der Waals surface area contributed by atoms with Crippen LogP contribution in [-0.2, 0) is 6.42 Å². The molecule has 2 N–H and O–H groups in total. The fraction of sp³-hybridized carbons (Fsp3) is 0.154. The number of aryl methyl sites for hydroxylation is 1. The first-order valence-corrected chi connectivity index (χ1v) is 6.07. The normalized spacial score (nSPS) is 10.3. The molecule has 2 nitrogen and oxygen atoms in total. The average molecular weight is 231 g/mol. The van der Waals surface area contributed by atoms with Crippen LogP contribution in [0.15, 0.2) is 35.7 Å². The molecule has 1 aromatic heterocycles. The van der Waals surface area contributed by atoms with Gasteiger partial charge in [0.15, 0.2) is 0 Å². The van der Waals surface area contributed by atoms with Gasteiger partial charge in [-0.1, -0.05) is 31.2 Å². The molecule has 82 valence electrons. The van der Waals surface area contributed by atoms with Crippen molar-refractivity contribution in [1.29, 1.82) is 0 Å². The lowest BCUT2D eigenvalue weighted by molar-refractivity contribution is 0.100. The molecule has 3 heteroatoms. The number of thiophene rings is 1. The molecule has 1 heterocycles. The number of benzene rings is 1. The molecule has 0 fully saturated rings. The van der Waals surface area contributed by atoms with Gasteiger partial charge in [-0.05, 0) is 34.6 Å². The summed E-state index contributed by atoms with van der Waals surface area (Å²) in [5, 5.41) is 1.98. The van der Waals surface area contributed by atoms with Gasteiger partial charge in [-0.2, -0.15) is 0 Å². The molecular formula is C13H13NOS. The fourth-order valence-corrected chi connectivity index (χ4v) is 2.48. The maximum atomic E-state index is 11.0. The number of nitrogens with two attached hydrogens (primary N) is 1. The molecule has 0 unspecified atom stereocenters. The van der Waals surface area contributed by atoms with Crippen LogP contribution in [0.2, 0.25) is 0 Å². The second-order valence-electron chi connectivity index (χ2n) is 3.57. The lowest BCUT2D eigenvalue weighted by atomic mass is 10.0. The summed E-state index contributed by atoms with van der Waals surface area (Å²) in [7, 11) is 0. The van der Waals surface area contributed by atoms with Crippen molar-refractivity contribution in [2.24, 2.45) is 5.73 Å².